The number of rotatable bonds is 30. The van der Waals surface area contributed by atoms with Gasteiger partial charge in [-0.15, -0.1) is 0 Å². The second-order valence-electron chi connectivity index (χ2n) is 38.8. The Kier molecular flexibility index (Phi) is 25.5. The number of carbonyl (C=O) groups is 4. The molecule has 16 bridgehead atoms. The van der Waals surface area contributed by atoms with Crippen LogP contribution in [0, 0.1) is 120 Å². The maximum absolute atomic E-state index is 13.1. The van der Waals surface area contributed by atoms with Crippen LogP contribution < -0.4 is 18.9 Å². The monoisotopic (exact) mass is 1780 g/mol. The summed E-state index contributed by atoms with van der Waals surface area (Å²) in [7, 11) is -15.6. The van der Waals surface area contributed by atoms with E-state index in [9.17, 15) is 71.5 Å². The van der Waals surface area contributed by atoms with Crippen LogP contribution in [0.1, 0.15) is 202 Å². The lowest BCUT2D eigenvalue weighted by Gasteiger charge is -2.56. The summed E-state index contributed by atoms with van der Waals surface area (Å²) in [6, 6.07) is 45.7. The maximum Gasteiger partial charge on any atom is 0.403 e. The molecule has 0 aromatic heterocycles. The molecule has 0 heterocycles. The van der Waals surface area contributed by atoms with Crippen molar-refractivity contribution < 1.29 is 109 Å². The van der Waals surface area contributed by atoms with Gasteiger partial charge in [0.2, 0.25) is 27.2 Å². The zero-order valence-corrected chi connectivity index (χ0v) is 73.3. The molecular formula is C95H110F6O18S4. The average Bonchev–Trinajstić information content (AvgIpc) is 0.716. The molecule has 22 rings (SSSR count). The lowest BCUT2D eigenvalue weighted by molar-refractivity contribution is -0.247. The van der Waals surface area contributed by atoms with Crippen molar-refractivity contribution in [1.29, 1.82) is 0 Å². The Labute approximate surface area is 722 Å². The van der Waals surface area contributed by atoms with E-state index in [4.69, 9.17) is 37.9 Å². The van der Waals surface area contributed by atoms with E-state index in [0.29, 0.717) is 25.7 Å². The van der Waals surface area contributed by atoms with Gasteiger partial charge in [-0.05, 0) is 347 Å². The van der Waals surface area contributed by atoms with Crippen LogP contribution >= 0.6 is 0 Å². The summed E-state index contributed by atoms with van der Waals surface area (Å²) in [4.78, 5) is 59.4. The summed E-state index contributed by atoms with van der Waals surface area (Å²) >= 11 is 0. The van der Waals surface area contributed by atoms with Crippen molar-refractivity contribution in [3.05, 3.63) is 156 Å². The Morgan fingerprint density at radius 3 is 0.683 bits per heavy atom. The van der Waals surface area contributed by atoms with Crippen LogP contribution in [0.15, 0.2) is 163 Å². The zero-order valence-electron chi connectivity index (χ0n) is 70.0. The molecule has 0 amide bonds. The molecule has 0 radical (unpaired) electrons. The smallest absolute Gasteiger partial charge is 0.403 e. The number of hydrogen-bond acceptors (Lipinski definition) is 18. The number of carbonyl (C=O) groups excluding carboxylic acids is 4. The lowest BCUT2D eigenvalue weighted by Crippen LogP contribution is -2.60. The second kappa shape index (κ2) is 35.3. The van der Waals surface area contributed by atoms with Gasteiger partial charge in [-0.1, -0.05) is 60.7 Å². The normalized spacial score (nSPS) is 30.1. The first kappa shape index (κ1) is 88.9. The van der Waals surface area contributed by atoms with Crippen molar-refractivity contribution in [3.8, 4) is 23.0 Å². The van der Waals surface area contributed by atoms with E-state index in [1.54, 1.807) is 0 Å². The van der Waals surface area contributed by atoms with E-state index in [1.165, 1.54) is 164 Å². The first-order chi connectivity index (χ1) is 58.4. The van der Waals surface area contributed by atoms with E-state index in [2.05, 4.69) is 100 Å². The maximum atomic E-state index is 13.1. The van der Waals surface area contributed by atoms with Crippen LogP contribution in [0.25, 0.3) is 0 Å². The Hall–Kier alpha value is -7.50. The fourth-order valence-corrected chi connectivity index (χ4v) is 32.1. The Morgan fingerprint density at radius 1 is 0.317 bits per heavy atom. The molecule has 0 unspecified atom stereocenters. The van der Waals surface area contributed by atoms with E-state index >= 15 is 0 Å². The first-order valence-electron chi connectivity index (χ1n) is 43.6. The van der Waals surface area contributed by atoms with E-state index in [1.807, 2.05) is 60.7 Å². The quantitative estimate of drug-likeness (QED) is 0.0101. The molecule has 664 valence electrons. The van der Waals surface area contributed by atoms with Crippen molar-refractivity contribution in [3.63, 3.8) is 0 Å². The molecule has 123 heavy (non-hydrogen) atoms. The van der Waals surface area contributed by atoms with Gasteiger partial charge in [0.05, 0.1) is 25.7 Å². The molecule has 16 saturated carbocycles. The highest BCUT2D eigenvalue weighted by atomic mass is 32.2. The van der Waals surface area contributed by atoms with Gasteiger partial charge in [0, 0.05) is 22.3 Å². The van der Waals surface area contributed by atoms with Gasteiger partial charge >= 0.3 is 40.3 Å². The summed E-state index contributed by atoms with van der Waals surface area (Å²) < 4.78 is 179. The first-order valence-corrected chi connectivity index (χ1v) is 48.9. The predicted molar refractivity (Wildman–Crippen MR) is 443 cm³/mol. The third-order valence-electron chi connectivity index (χ3n) is 29.6. The third kappa shape index (κ3) is 19.0. The summed E-state index contributed by atoms with van der Waals surface area (Å²) in [5, 5.41) is -13.9. The number of alkyl halides is 6. The van der Waals surface area contributed by atoms with Gasteiger partial charge < -0.3 is 47.0 Å². The molecule has 0 saturated heterocycles. The SMILES string of the molecule is Cc1c(OCOC(=O)CC23CC4CC(CC(C4)C2)C3)cccc1[S+](c1ccccc1)c1cccc(OCOC(=O)CC23CC4CC(CC(C4)C2)C3)c1C.Cc1c(OCOC(=O)CC23CC4CC(CC(C4)C2)C3)cccc1[S+](c1ccccc1)c1cccc(OCOC(=O)CC23CC4CC(CC(C4)C2)C3)c1C.O=S(=O)([O-])C(F)(F)C(F)(F)C(F)(F)S(=O)(=O)[O-]. The fraction of sp³-hybridized carbons (Fsp3) is 0.579. The summed E-state index contributed by atoms with van der Waals surface area (Å²) in [5.74, 6) is 4.85. The number of ether oxygens (including phenoxy) is 8. The molecular weight excluding hydrogens is 1670 g/mol. The Bertz CT molecular complexity index is 4440. The molecule has 0 atom stereocenters. The van der Waals surface area contributed by atoms with Crippen molar-refractivity contribution >= 4 is 65.9 Å². The van der Waals surface area contributed by atoms with Gasteiger partial charge in [0.15, 0.2) is 49.6 Å². The predicted octanol–water partition coefficient (Wildman–Crippen LogP) is 20.6. The van der Waals surface area contributed by atoms with Crippen molar-refractivity contribution in [2.24, 2.45) is 92.7 Å². The molecule has 18 nitrogen and oxygen atoms in total. The topological polar surface area (TPSA) is 257 Å². The van der Waals surface area contributed by atoms with Gasteiger partial charge in [-0.25, -0.2) is 16.8 Å². The van der Waals surface area contributed by atoms with Crippen LogP contribution in [0.3, 0.4) is 0 Å². The number of benzene rings is 6. The highest BCUT2D eigenvalue weighted by molar-refractivity contribution is 7.97. The molecule has 0 N–H and O–H groups in total. The van der Waals surface area contributed by atoms with Crippen LogP contribution in [-0.4, -0.2) is 93.4 Å². The molecule has 6 aromatic carbocycles. The number of esters is 4. The zero-order chi connectivity index (χ0) is 86.8. The number of hydrogen-bond donors (Lipinski definition) is 0. The van der Waals surface area contributed by atoms with Gasteiger partial charge in [-0.2, -0.15) is 26.3 Å². The van der Waals surface area contributed by atoms with Crippen LogP contribution in [-0.2, 0) is 80.2 Å². The van der Waals surface area contributed by atoms with E-state index in [-0.39, 0.29) is 72.7 Å². The minimum absolute atomic E-state index is 0.0848. The average molecular weight is 1780 g/mol. The number of halogens is 6. The third-order valence-corrected chi connectivity index (χ3v) is 36.4. The van der Waals surface area contributed by atoms with Gasteiger partial charge in [0.1, 0.15) is 44.8 Å². The van der Waals surface area contributed by atoms with Crippen LogP contribution in [0.5, 0.6) is 23.0 Å². The van der Waals surface area contributed by atoms with Crippen molar-refractivity contribution in [1.82, 2.24) is 0 Å². The standard InChI is InChI=1S/2C46H55O6S.C3H2F6O6S2/c2*1-30-39(49-28-51-43(47)26-45-20-32-14-33(21-45)16-34(15-32)22-45)10-6-12-41(30)53(38-8-4-3-5-9-38)42-13-7-11-40(31(42)2)50-29-52-44(48)27-46-23-35-17-36(24-46)19-37(18-35)25-46;4-1(5,2(6,7)16(10,11)12)3(8,9)17(13,14)15/h2*3-13,32-37H,14-29H2,1-2H3;(H,10,11,12)(H,13,14,15)/q2*+1;/p-2. The molecule has 16 aliphatic rings. The van der Waals surface area contributed by atoms with E-state index < -0.39 is 58.5 Å². The minimum Gasteiger partial charge on any atom is -0.743 e. The highest BCUT2D eigenvalue weighted by Crippen LogP contribution is 2.66. The summed E-state index contributed by atoms with van der Waals surface area (Å²) in [6.07, 6.45) is 32.8. The minimum atomic E-state index is -7.32. The highest BCUT2D eigenvalue weighted by Gasteiger charge is 2.78. The molecule has 6 aromatic rings. The van der Waals surface area contributed by atoms with Gasteiger partial charge in [0.25, 0.3) is 0 Å². The Morgan fingerprint density at radius 2 is 0.504 bits per heavy atom. The summed E-state index contributed by atoms with van der Waals surface area (Å²) in [5.41, 5.74) is 4.66. The summed E-state index contributed by atoms with van der Waals surface area (Å²) in [6.45, 7) is 8.01. The second-order valence-corrected chi connectivity index (χ2v) is 45.5. The van der Waals surface area contributed by atoms with Crippen molar-refractivity contribution in [2.45, 2.75) is 253 Å². The van der Waals surface area contributed by atoms with Crippen LogP contribution in [0.4, 0.5) is 26.3 Å². The van der Waals surface area contributed by atoms with Gasteiger partial charge in [-0.3, -0.25) is 19.2 Å². The molecule has 0 aliphatic heterocycles. The van der Waals surface area contributed by atoms with E-state index in [0.717, 1.165) is 136 Å². The molecule has 16 aliphatic carbocycles. The molecule has 0 spiro atoms. The lowest BCUT2D eigenvalue weighted by atomic mass is 9.49. The fourth-order valence-electron chi connectivity index (χ4n) is 26.3. The Balaban J connectivity index is 0.000000154. The van der Waals surface area contributed by atoms with Crippen molar-refractivity contribution in [2.75, 3.05) is 27.2 Å². The van der Waals surface area contributed by atoms with Crippen LogP contribution in [0.2, 0.25) is 0 Å². The molecule has 28 heteroatoms. The molecule has 16 fully saturated rings. The largest absolute Gasteiger partial charge is 0.743 e.